The Bertz CT molecular complexity index is 1360. The summed E-state index contributed by atoms with van der Waals surface area (Å²) < 4.78 is 56.4. The second-order valence-electron chi connectivity index (χ2n) is 10.2. The number of hydrogen-bond acceptors (Lipinski definition) is 4. The van der Waals surface area contributed by atoms with Gasteiger partial charge in [-0.1, -0.05) is 35.9 Å². The highest BCUT2D eigenvalue weighted by Gasteiger charge is 2.57. The van der Waals surface area contributed by atoms with Gasteiger partial charge in [0.1, 0.15) is 17.3 Å². The summed E-state index contributed by atoms with van der Waals surface area (Å²) in [6, 6.07) is 4.89. The molecule has 1 aromatic heterocycles. The predicted octanol–water partition coefficient (Wildman–Crippen LogP) is 5.76. The highest BCUT2D eigenvalue weighted by atomic mass is 35.5. The van der Waals surface area contributed by atoms with Gasteiger partial charge in [0.05, 0.1) is 22.2 Å². The van der Waals surface area contributed by atoms with Gasteiger partial charge in [0.25, 0.3) is 18.2 Å². The Morgan fingerprint density at radius 1 is 1.23 bits per heavy atom. The van der Waals surface area contributed by atoms with E-state index < -0.39 is 47.1 Å². The average Bonchev–Trinajstić information content (AvgIpc) is 3.13. The quantitative estimate of drug-likeness (QED) is 0.438. The number of aliphatic hydroxyl groups is 1. The number of para-hydroxylation sites is 1. The van der Waals surface area contributed by atoms with Crippen molar-refractivity contribution < 1.29 is 32.3 Å². The van der Waals surface area contributed by atoms with Gasteiger partial charge >= 0.3 is 0 Å². The number of pyridine rings is 1. The minimum Gasteiger partial charge on any atom is -0.375 e. The van der Waals surface area contributed by atoms with Gasteiger partial charge in [-0.2, -0.15) is 0 Å². The molecule has 2 heterocycles. The van der Waals surface area contributed by atoms with E-state index in [0.29, 0.717) is 25.7 Å². The van der Waals surface area contributed by atoms with Crippen LogP contribution in [-0.4, -0.2) is 34.5 Å². The van der Waals surface area contributed by atoms with Crippen LogP contribution in [0.4, 0.5) is 23.2 Å². The Morgan fingerprint density at radius 3 is 2.67 bits per heavy atom. The van der Waals surface area contributed by atoms with Crippen LogP contribution in [0.3, 0.4) is 0 Å². The minimum absolute atomic E-state index is 0.0438. The molecule has 2 unspecified atom stereocenters. The summed E-state index contributed by atoms with van der Waals surface area (Å²) in [5.41, 5.74) is -3.17. The highest BCUT2D eigenvalue weighted by molar-refractivity contribution is 6.30. The third-order valence-electron chi connectivity index (χ3n) is 7.80. The van der Waals surface area contributed by atoms with Gasteiger partial charge in [-0.3, -0.25) is 14.6 Å². The molecular weight excluding hydrogens is 538 g/mol. The van der Waals surface area contributed by atoms with E-state index >= 15 is 4.39 Å². The van der Waals surface area contributed by atoms with Crippen LogP contribution < -0.4 is 10.2 Å². The van der Waals surface area contributed by atoms with Crippen molar-refractivity contribution in [3.63, 3.8) is 0 Å². The zero-order valence-electron chi connectivity index (χ0n) is 20.7. The number of carbonyl (C=O) groups excluding carboxylic acids is 2. The van der Waals surface area contributed by atoms with Gasteiger partial charge in [-0.25, -0.2) is 17.6 Å². The van der Waals surface area contributed by atoms with E-state index in [9.17, 15) is 27.9 Å². The largest absolute Gasteiger partial charge is 0.375 e. The summed E-state index contributed by atoms with van der Waals surface area (Å²) in [5, 5.41) is 14.4. The molecule has 0 spiro atoms. The molecule has 2 aromatic rings. The molecule has 1 aromatic carbocycles. The fraction of sp³-hybridized carbons (Fsp3) is 0.393. The van der Waals surface area contributed by atoms with E-state index in [2.05, 4.69) is 10.3 Å². The third kappa shape index (κ3) is 4.96. The molecule has 2 atom stereocenters. The first kappa shape index (κ1) is 27.3. The number of rotatable bonds is 6. The molecule has 0 saturated heterocycles. The van der Waals surface area contributed by atoms with E-state index in [1.807, 2.05) is 0 Å². The van der Waals surface area contributed by atoms with Crippen LogP contribution in [0, 0.1) is 17.7 Å². The van der Waals surface area contributed by atoms with Gasteiger partial charge in [0.2, 0.25) is 0 Å². The molecule has 6 nitrogen and oxygen atoms in total. The zero-order valence-corrected chi connectivity index (χ0v) is 21.5. The lowest BCUT2D eigenvalue weighted by molar-refractivity contribution is -0.141. The smallest absolute Gasteiger partial charge is 0.281 e. The van der Waals surface area contributed by atoms with Crippen LogP contribution in [0.5, 0.6) is 0 Å². The molecule has 5 rings (SSSR count). The Balaban J connectivity index is 1.28. The third-order valence-corrected chi connectivity index (χ3v) is 8.00. The van der Waals surface area contributed by atoms with Crippen LogP contribution in [0.25, 0.3) is 0 Å². The van der Waals surface area contributed by atoms with Crippen molar-refractivity contribution in [2.75, 3.05) is 11.4 Å². The highest BCUT2D eigenvalue weighted by Crippen LogP contribution is 2.50. The Hall–Kier alpha value is -3.24. The summed E-state index contributed by atoms with van der Waals surface area (Å²) in [6.45, 7) is 0.109. The van der Waals surface area contributed by atoms with Crippen molar-refractivity contribution in [1.82, 2.24) is 10.3 Å². The first-order valence-corrected chi connectivity index (χ1v) is 13.1. The molecule has 0 radical (unpaired) electrons. The summed E-state index contributed by atoms with van der Waals surface area (Å²) in [5.74, 6) is -4.05. The van der Waals surface area contributed by atoms with Crippen molar-refractivity contribution in [3.05, 3.63) is 82.2 Å². The maximum absolute atomic E-state index is 15.0. The topological polar surface area (TPSA) is 82.5 Å². The molecule has 2 aliphatic carbocycles. The maximum atomic E-state index is 15.0. The fourth-order valence-electron chi connectivity index (χ4n) is 5.82. The van der Waals surface area contributed by atoms with Crippen LogP contribution in [0.15, 0.2) is 54.5 Å². The average molecular weight is 564 g/mol. The Morgan fingerprint density at radius 2 is 1.97 bits per heavy atom. The number of benzene rings is 1. The second kappa shape index (κ2) is 10.7. The van der Waals surface area contributed by atoms with Gasteiger partial charge in [0, 0.05) is 24.3 Å². The molecule has 206 valence electrons. The maximum Gasteiger partial charge on any atom is 0.281 e. The summed E-state index contributed by atoms with van der Waals surface area (Å²) in [7, 11) is 0. The van der Waals surface area contributed by atoms with Crippen molar-refractivity contribution in [3.8, 4) is 0 Å². The number of allylic oxidation sites excluding steroid dienone is 3. The van der Waals surface area contributed by atoms with Crippen molar-refractivity contribution in [1.29, 1.82) is 0 Å². The molecule has 11 heteroatoms. The Kier molecular flexibility index (Phi) is 7.52. The number of fused-ring (bicyclic) bond motifs is 1. The second-order valence-corrected chi connectivity index (χ2v) is 10.6. The first-order valence-electron chi connectivity index (χ1n) is 12.7. The number of alkyl halides is 2. The summed E-state index contributed by atoms with van der Waals surface area (Å²) in [4.78, 5) is 31.1. The molecule has 39 heavy (non-hydrogen) atoms. The van der Waals surface area contributed by atoms with Gasteiger partial charge < -0.3 is 15.3 Å². The van der Waals surface area contributed by atoms with E-state index in [4.69, 9.17) is 11.6 Å². The van der Waals surface area contributed by atoms with Gasteiger partial charge in [-0.05, 0) is 56.2 Å². The van der Waals surface area contributed by atoms with Crippen LogP contribution in [0.2, 0.25) is 5.02 Å². The number of halogens is 5. The van der Waals surface area contributed by atoms with Crippen LogP contribution in [0.1, 0.15) is 60.1 Å². The lowest BCUT2D eigenvalue weighted by Gasteiger charge is -2.34. The first-order chi connectivity index (χ1) is 18.6. The van der Waals surface area contributed by atoms with Crippen LogP contribution >= 0.6 is 11.6 Å². The van der Waals surface area contributed by atoms with Crippen molar-refractivity contribution in [2.45, 2.75) is 50.2 Å². The number of carbonyl (C=O) groups is 2. The number of aromatic nitrogens is 1. The Labute approximate surface area is 227 Å². The monoisotopic (exact) mass is 563 g/mol. The van der Waals surface area contributed by atoms with E-state index in [1.165, 1.54) is 35.3 Å². The van der Waals surface area contributed by atoms with Crippen molar-refractivity contribution >= 4 is 29.1 Å². The molecule has 1 aliphatic heterocycles. The summed E-state index contributed by atoms with van der Waals surface area (Å²) in [6.07, 6.45) is 4.66. The predicted molar refractivity (Wildman–Crippen MR) is 137 cm³/mol. The molecule has 1 fully saturated rings. The lowest BCUT2D eigenvalue weighted by atomic mass is 9.78. The summed E-state index contributed by atoms with van der Waals surface area (Å²) >= 11 is 5.85. The number of hydrogen-bond donors (Lipinski definition) is 2. The number of anilines is 1. The van der Waals surface area contributed by atoms with Crippen molar-refractivity contribution in [2.24, 2.45) is 11.8 Å². The van der Waals surface area contributed by atoms with Gasteiger partial charge in [-0.15, -0.1) is 0 Å². The van der Waals surface area contributed by atoms with Gasteiger partial charge in [0.15, 0.2) is 5.60 Å². The SMILES string of the molecule is O=C(N[C@H]1CC[C@H](CN2C(=O)C(O)(C3CC=CC=C3F)c3cccc(F)c32)CC1)c1cc(Cl)cnc1C(F)F. The normalized spacial score (nSPS) is 26.5. The van der Waals surface area contributed by atoms with E-state index in [-0.39, 0.29) is 46.8 Å². The molecular formula is C28H26ClF4N3O3. The fourth-order valence-corrected chi connectivity index (χ4v) is 5.98. The molecule has 1 saturated carbocycles. The lowest BCUT2D eigenvalue weighted by Crippen LogP contribution is -2.48. The minimum atomic E-state index is -2.94. The zero-order chi connectivity index (χ0) is 27.9. The molecule has 3 aliphatic rings. The molecule has 0 bridgehead atoms. The number of amides is 2. The van der Waals surface area contributed by atoms with E-state index in [1.54, 1.807) is 6.08 Å². The molecule has 2 N–H and O–H groups in total. The standard InChI is InChI=1S/C28H26ClF4N3O3/c29-16-12-18(23(25(32)33)34-13-16)26(37)35-17-10-8-15(9-11-17)14-36-24-20(5-3-7-22(24)31)28(39,27(36)38)19-4-1-2-6-21(19)30/h1-3,5-7,12-13,15,17,19,25,39H,4,8-11,14H2,(H,35,37)/t15-,17-,19?,28?. The number of nitrogens with zero attached hydrogens (tertiary/aromatic N) is 2. The van der Waals surface area contributed by atoms with Crippen LogP contribution in [-0.2, 0) is 10.4 Å². The number of nitrogens with one attached hydrogen (secondary N) is 1. The molecule has 2 amide bonds. The van der Waals surface area contributed by atoms with E-state index in [0.717, 1.165) is 12.3 Å².